The summed E-state index contributed by atoms with van der Waals surface area (Å²) in [4.78, 5) is 26.7. The molecule has 4 aromatic rings. The van der Waals surface area contributed by atoms with E-state index in [1.54, 1.807) is 40.9 Å². The highest BCUT2D eigenvalue weighted by Gasteiger charge is 2.32. The number of hydrogen-bond acceptors (Lipinski definition) is 7. The van der Waals surface area contributed by atoms with E-state index < -0.39 is 4.92 Å². The molecule has 0 unspecified atom stereocenters. The highest BCUT2D eigenvalue weighted by molar-refractivity contribution is 8.26. The first-order valence-corrected chi connectivity index (χ1v) is 13.4. The van der Waals surface area contributed by atoms with Crippen molar-refractivity contribution in [3.63, 3.8) is 0 Å². The van der Waals surface area contributed by atoms with Crippen LogP contribution in [-0.4, -0.2) is 36.4 Å². The summed E-state index contributed by atoms with van der Waals surface area (Å²) >= 11 is 6.78. The number of nitro benzene ring substituents is 1. The van der Waals surface area contributed by atoms with Crippen LogP contribution in [0.2, 0.25) is 0 Å². The molecule has 10 heteroatoms. The van der Waals surface area contributed by atoms with E-state index in [0.29, 0.717) is 39.2 Å². The lowest BCUT2D eigenvalue weighted by Gasteiger charge is -2.14. The third-order valence-corrected chi connectivity index (χ3v) is 7.49. The number of para-hydroxylation sites is 1. The molecule has 0 radical (unpaired) electrons. The van der Waals surface area contributed by atoms with Gasteiger partial charge >= 0.3 is 5.69 Å². The number of carbonyl (C=O) groups excluding carboxylic acids is 1. The Labute approximate surface area is 235 Å². The highest BCUT2D eigenvalue weighted by Crippen LogP contribution is 2.37. The molecule has 1 fully saturated rings. The Bertz CT molecular complexity index is 1600. The number of aryl methyl sites for hydroxylation is 1. The van der Waals surface area contributed by atoms with E-state index in [1.165, 1.54) is 17.8 Å². The highest BCUT2D eigenvalue weighted by atomic mass is 32.2. The van der Waals surface area contributed by atoms with Crippen LogP contribution in [0.4, 0.5) is 5.69 Å². The second kappa shape index (κ2) is 11.2. The van der Waals surface area contributed by atoms with Crippen molar-refractivity contribution in [2.24, 2.45) is 0 Å². The van der Waals surface area contributed by atoms with Gasteiger partial charge in [-0.25, -0.2) is 4.68 Å². The van der Waals surface area contributed by atoms with E-state index in [9.17, 15) is 14.9 Å². The normalized spacial score (nSPS) is 14.3. The van der Waals surface area contributed by atoms with Gasteiger partial charge in [-0.15, -0.1) is 0 Å². The lowest BCUT2D eigenvalue weighted by atomic mass is 10.1. The van der Waals surface area contributed by atoms with Crippen molar-refractivity contribution in [1.29, 1.82) is 0 Å². The fourth-order valence-corrected chi connectivity index (χ4v) is 5.41. The minimum atomic E-state index is -0.474. The Balaban J connectivity index is 1.55. The van der Waals surface area contributed by atoms with Crippen LogP contribution in [0.25, 0.3) is 23.0 Å². The predicted molar refractivity (Wildman–Crippen MR) is 157 cm³/mol. The fraction of sp³-hybridized carbons (Fsp3) is 0.138. The first-order valence-electron chi connectivity index (χ1n) is 12.2. The van der Waals surface area contributed by atoms with Crippen LogP contribution in [0.15, 0.2) is 83.9 Å². The molecule has 0 atom stereocenters. The van der Waals surface area contributed by atoms with Gasteiger partial charge in [-0.1, -0.05) is 72.0 Å². The number of amides is 1. The summed E-state index contributed by atoms with van der Waals surface area (Å²) in [6.45, 7) is 4.46. The molecular formula is C29H24N4O4S2. The van der Waals surface area contributed by atoms with Gasteiger partial charge in [-0.05, 0) is 49.8 Å². The molecule has 1 aliphatic heterocycles. The topological polar surface area (TPSA) is 90.5 Å². The lowest BCUT2D eigenvalue weighted by molar-refractivity contribution is -0.385. The summed E-state index contributed by atoms with van der Waals surface area (Å²) in [5.74, 6) is -0.00562. The minimum Gasteiger partial charge on any atom is -0.487 e. The summed E-state index contributed by atoms with van der Waals surface area (Å²) in [5, 5.41) is 16.5. The van der Waals surface area contributed by atoms with Crippen LogP contribution < -0.4 is 4.74 Å². The average Bonchev–Trinajstić information content (AvgIpc) is 3.47. The van der Waals surface area contributed by atoms with Crippen molar-refractivity contribution in [2.45, 2.75) is 20.4 Å². The maximum absolute atomic E-state index is 13.4. The molecule has 0 N–H and O–H groups in total. The number of aromatic nitrogens is 2. The largest absolute Gasteiger partial charge is 0.487 e. The van der Waals surface area contributed by atoms with E-state index >= 15 is 0 Å². The monoisotopic (exact) mass is 556 g/mol. The van der Waals surface area contributed by atoms with Crippen molar-refractivity contribution in [1.82, 2.24) is 14.7 Å². The van der Waals surface area contributed by atoms with E-state index in [0.717, 1.165) is 16.8 Å². The number of nitro groups is 1. The molecule has 1 saturated heterocycles. The zero-order valence-electron chi connectivity index (χ0n) is 21.2. The molecule has 1 aliphatic rings. The van der Waals surface area contributed by atoms with Crippen LogP contribution in [0.1, 0.15) is 23.6 Å². The van der Waals surface area contributed by atoms with Crippen molar-refractivity contribution < 1.29 is 14.5 Å². The number of rotatable bonds is 8. The first-order chi connectivity index (χ1) is 18.8. The number of benzene rings is 3. The van der Waals surface area contributed by atoms with Gasteiger partial charge in [0, 0.05) is 23.4 Å². The Morgan fingerprint density at radius 1 is 1.10 bits per heavy atom. The number of hydrogen-bond donors (Lipinski definition) is 0. The molecule has 39 heavy (non-hydrogen) atoms. The molecular weight excluding hydrogens is 532 g/mol. The summed E-state index contributed by atoms with van der Waals surface area (Å²) in [6.07, 6.45) is 3.55. The number of thioether (sulfide) groups is 1. The Morgan fingerprint density at radius 3 is 2.54 bits per heavy atom. The predicted octanol–water partition coefficient (Wildman–Crippen LogP) is 6.56. The SMILES string of the molecule is CCOc1ccc(-c2nn(-c3ccccc3)cc2/C=C2\SC(=S)N(Cc3ccc(C)cc3)C2=O)cc1[N+](=O)[O-]. The smallest absolute Gasteiger partial charge is 0.311 e. The molecule has 2 heterocycles. The van der Waals surface area contributed by atoms with Crippen molar-refractivity contribution >= 4 is 46.0 Å². The number of carbonyl (C=O) groups is 1. The molecule has 5 rings (SSSR count). The zero-order chi connectivity index (χ0) is 27.5. The number of nitrogens with zero attached hydrogens (tertiary/aromatic N) is 4. The molecule has 1 amide bonds. The first kappa shape index (κ1) is 26.3. The maximum Gasteiger partial charge on any atom is 0.311 e. The van der Waals surface area contributed by atoms with Crippen LogP contribution in [0.3, 0.4) is 0 Å². The Hall–Kier alpha value is -4.28. The van der Waals surface area contributed by atoms with Gasteiger partial charge in [0.15, 0.2) is 5.75 Å². The van der Waals surface area contributed by atoms with E-state index in [1.807, 2.05) is 61.5 Å². The van der Waals surface area contributed by atoms with Crippen molar-refractivity contribution in [3.05, 3.63) is 111 Å². The third kappa shape index (κ3) is 5.62. The van der Waals surface area contributed by atoms with Gasteiger partial charge in [0.25, 0.3) is 5.91 Å². The molecule has 0 bridgehead atoms. The van der Waals surface area contributed by atoms with Crippen LogP contribution >= 0.6 is 24.0 Å². The van der Waals surface area contributed by atoms with E-state index in [2.05, 4.69) is 0 Å². The van der Waals surface area contributed by atoms with Gasteiger partial charge in [0.1, 0.15) is 10.0 Å². The molecule has 0 spiro atoms. The maximum atomic E-state index is 13.4. The Morgan fingerprint density at radius 2 is 1.85 bits per heavy atom. The van der Waals surface area contributed by atoms with E-state index in [4.69, 9.17) is 22.1 Å². The third-order valence-electron chi connectivity index (χ3n) is 6.11. The number of thiocarbonyl (C=S) groups is 1. The van der Waals surface area contributed by atoms with Crippen LogP contribution in [-0.2, 0) is 11.3 Å². The van der Waals surface area contributed by atoms with E-state index in [-0.39, 0.29) is 17.3 Å². The summed E-state index contributed by atoms with van der Waals surface area (Å²) < 4.78 is 7.61. The average molecular weight is 557 g/mol. The standard InChI is InChI=1S/C29H24N4O4S2/c1-3-37-25-14-13-21(15-24(25)33(35)36)27-22(18-32(30-27)23-7-5-4-6-8-23)16-26-28(34)31(29(38)39-26)17-20-11-9-19(2)10-12-20/h4-16,18H,3,17H2,1-2H3/b26-16-. The van der Waals surface area contributed by atoms with Crippen LogP contribution in [0.5, 0.6) is 5.75 Å². The number of ether oxygens (including phenoxy) is 1. The lowest BCUT2D eigenvalue weighted by Crippen LogP contribution is -2.27. The van der Waals surface area contributed by atoms with Crippen molar-refractivity contribution in [2.75, 3.05) is 6.61 Å². The minimum absolute atomic E-state index is 0.154. The molecule has 0 aliphatic carbocycles. The molecule has 0 saturated carbocycles. The quantitative estimate of drug-likeness (QED) is 0.105. The summed E-state index contributed by atoms with van der Waals surface area (Å²) in [5.41, 5.74) is 4.44. The van der Waals surface area contributed by atoms with Gasteiger partial charge in [-0.3, -0.25) is 19.8 Å². The zero-order valence-corrected chi connectivity index (χ0v) is 22.9. The molecule has 1 aromatic heterocycles. The molecule has 196 valence electrons. The summed E-state index contributed by atoms with van der Waals surface area (Å²) in [6, 6.07) is 22.2. The fourth-order valence-electron chi connectivity index (χ4n) is 4.17. The molecule has 8 nitrogen and oxygen atoms in total. The van der Waals surface area contributed by atoms with Crippen LogP contribution in [0, 0.1) is 17.0 Å². The Kier molecular flexibility index (Phi) is 7.58. The second-order valence-corrected chi connectivity index (χ2v) is 10.5. The molecule has 3 aromatic carbocycles. The van der Waals surface area contributed by atoms with Gasteiger partial charge < -0.3 is 4.74 Å². The van der Waals surface area contributed by atoms with Crippen molar-refractivity contribution in [3.8, 4) is 22.7 Å². The van der Waals surface area contributed by atoms with Gasteiger partial charge in [-0.2, -0.15) is 5.10 Å². The van der Waals surface area contributed by atoms with Gasteiger partial charge in [0.05, 0.1) is 28.7 Å². The summed E-state index contributed by atoms with van der Waals surface area (Å²) in [7, 11) is 0. The van der Waals surface area contributed by atoms with Gasteiger partial charge in [0.2, 0.25) is 0 Å². The second-order valence-electron chi connectivity index (χ2n) is 8.84.